The smallest absolute Gasteiger partial charge is 0.128 e. The van der Waals surface area contributed by atoms with E-state index < -0.39 is 5.82 Å². The number of rotatable bonds is 0. The highest BCUT2D eigenvalue weighted by Crippen LogP contribution is 2.13. The molecule has 62 valence electrons. The predicted molar refractivity (Wildman–Crippen MR) is 42.0 cm³/mol. The number of phenols is 1. The molecular weight excluding hydrogens is 159 g/mol. The average molecular weight is 166 g/mol. The number of aliphatic hydroxyl groups excluding tert-OH is 1. The lowest BCUT2D eigenvalue weighted by Crippen LogP contribution is -1.79. The zero-order valence-corrected chi connectivity index (χ0v) is 6.21. The van der Waals surface area contributed by atoms with Gasteiger partial charge in [-0.25, -0.2) is 4.39 Å². The van der Waals surface area contributed by atoms with Crippen LogP contribution in [-0.4, -0.2) is 16.8 Å². The fraction of sp³-hybridized carbons (Fsp3) is 0.111. The van der Waals surface area contributed by atoms with E-state index in [1.807, 2.05) is 0 Å². The van der Waals surface area contributed by atoms with E-state index in [4.69, 9.17) is 10.2 Å². The van der Waals surface area contributed by atoms with E-state index in [0.29, 0.717) is 5.56 Å². The molecule has 0 heterocycles. The molecule has 2 nitrogen and oxygen atoms in total. The standard InChI is InChI=1S/C9H7FO2/c10-8-4-7(2-1-3-11)5-9(12)6-8/h4-6,11-12H,3H2. The molecule has 0 aliphatic carbocycles. The zero-order valence-electron chi connectivity index (χ0n) is 6.21. The van der Waals surface area contributed by atoms with Crippen molar-refractivity contribution in [2.45, 2.75) is 0 Å². The summed E-state index contributed by atoms with van der Waals surface area (Å²) in [6.07, 6.45) is 0. The van der Waals surface area contributed by atoms with Crippen molar-refractivity contribution in [3.63, 3.8) is 0 Å². The van der Waals surface area contributed by atoms with Gasteiger partial charge in [-0.05, 0) is 12.1 Å². The van der Waals surface area contributed by atoms with Gasteiger partial charge in [0.1, 0.15) is 18.2 Å². The number of hydrogen-bond donors (Lipinski definition) is 2. The van der Waals surface area contributed by atoms with Crippen molar-refractivity contribution in [2.75, 3.05) is 6.61 Å². The minimum Gasteiger partial charge on any atom is -0.508 e. The van der Waals surface area contributed by atoms with Crippen LogP contribution in [0.1, 0.15) is 5.56 Å². The maximum Gasteiger partial charge on any atom is 0.128 e. The summed E-state index contributed by atoms with van der Waals surface area (Å²) < 4.78 is 12.6. The molecule has 0 aliphatic heterocycles. The Morgan fingerprint density at radius 3 is 2.67 bits per heavy atom. The first-order valence-corrected chi connectivity index (χ1v) is 3.31. The van der Waals surface area contributed by atoms with Crippen LogP contribution in [0.3, 0.4) is 0 Å². The first-order valence-electron chi connectivity index (χ1n) is 3.31. The maximum absolute atomic E-state index is 12.6. The lowest BCUT2D eigenvalue weighted by Gasteiger charge is -1.93. The number of benzene rings is 1. The Kier molecular flexibility index (Phi) is 2.67. The highest BCUT2D eigenvalue weighted by Gasteiger charge is 1.95. The largest absolute Gasteiger partial charge is 0.508 e. The summed E-state index contributed by atoms with van der Waals surface area (Å²) in [5, 5.41) is 17.3. The molecule has 1 aromatic rings. The van der Waals surface area contributed by atoms with Crippen LogP contribution in [0.4, 0.5) is 4.39 Å². The minimum atomic E-state index is -0.544. The summed E-state index contributed by atoms with van der Waals surface area (Å²) >= 11 is 0. The Morgan fingerprint density at radius 2 is 2.08 bits per heavy atom. The van der Waals surface area contributed by atoms with Gasteiger partial charge >= 0.3 is 0 Å². The highest BCUT2D eigenvalue weighted by molar-refractivity contribution is 5.39. The maximum atomic E-state index is 12.6. The van der Waals surface area contributed by atoms with E-state index in [1.165, 1.54) is 12.1 Å². The lowest BCUT2D eigenvalue weighted by atomic mass is 10.2. The minimum absolute atomic E-state index is 0.169. The Morgan fingerprint density at radius 1 is 1.33 bits per heavy atom. The Bertz CT molecular complexity index is 316. The van der Waals surface area contributed by atoms with Gasteiger partial charge in [-0.1, -0.05) is 11.8 Å². The molecule has 0 unspecified atom stereocenters. The molecule has 0 saturated carbocycles. The average Bonchev–Trinajstić information content (AvgIpc) is 1.99. The molecular formula is C9H7FO2. The van der Waals surface area contributed by atoms with Crippen molar-refractivity contribution in [2.24, 2.45) is 0 Å². The lowest BCUT2D eigenvalue weighted by molar-refractivity contribution is 0.350. The summed E-state index contributed by atoms with van der Waals surface area (Å²) in [5.74, 6) is 4.11. The second-order valence-corrected chi connectivity index (χ2v) is 2.16. The normalized spacial score (nSPS) is 8.83. The van der Waals surface area contributed by atoms with Crippen LogP contribution in [0.5, 0.6) is 5.75 Å². The van der Waals surface area contributed by atoms with Gasteiger partial charge in [0.2, 0.25) is 0 Å². The molecule has 0 radical (unpaired) electrons. The molecule has 0 aromatic heterocycles. The van der Waals surface area contributed by atoms with E-state index >= 15 is 0 Å². The number of phenolic OH excluding ortho intramolecular Hbond substituents is 1. The van der Waals surface area contributed by atoms with Gasteiger partial charge in [-0.3, -0.25) is 0 Å². The van der Waals surface area contributed by atoms with Crippen LogP contribution < -0.4 is 0 Å². The van der Waals surface area contributed by atoms with E-state index in [0.717, 1.165) is 6.07 Å². The fourth-order valence-electron chi connectivity index (χ4n) is 0.788. The highest BCUT2D eigenvalue weighted by atomic mass is 19.1. The topological polar surface area (TPSA) is 40.5 Å². The zero-order chi connectivity index (χ0) is 8.97. The van der Waals surface area contributed by atoms with Crippen molar-refractivity contribution in [1.82, 2.24) is 0 Å². The van der Waals surface area contributed by atoms with E-state index in [-0.39, 0.29) is 12.4 Å². The van der Waals surface area contributed by atoms with Gasteiger partial charge < -0.3 is 10.2 Å². The first kappa shape index (κ1) is 8.57. The van der Waals surface area contributed by atoms with E-state index in [9.17, 15) is 4.39 Å². The van der Waals surface area contributed by atoms with Crippen molar-refractivity contribution in [3.8, 4) is 17.6 Å². The molecule has 0 fully saturated rings. The summed E-state index contributed by atoms with van der Waals surface area (Å²) in [5.41, 5.74) is 0.349. The summed E-state index contributed by atoms with van der Waals surface area (Å²) in [6.45, 7) is -0.280. The van der Waals surface area contributed by atoms with Gasteiger partial charge in [0, 0.05) is 11.6 Å². The molecule has 3 heteroatoms. The quantitative estimate of drug-likeness (QED) is 0.561. The van der Waals surface area contributed by atoms with Crippen LogP contribution in [0.2, 0.25) is 0 Å². The van der Waals surface area contributed by atoms with Crippen LogP contribution in [0, 0.1) is 17.7 Å². The number of aliphatic hydroxyl groups is 1. The van der Waals surface area contributed by atoms with Crippen LogP contribution >= 0.6 is 0 Å². The monoisotopic (exact) mass is 166 g/mol. The third-order valence-corrected chi connectivity index (χ3v) is 1.19. The van der Waals surface area contributed by atoms with Crippen molar-refractivity contribution in [1.29, 1.82) is 0 Å². The summed E-state index contributed by atoms with van der Waals surface area (Å²) in [6, 6.07) is 3.50. The predicted octanol–water partition coefficient (Wildman–Crippen LogP) is 0.875. The first-order chi connectivity index (χ1) is 5.72. The van der Waals surface area contributed by atoms with E-state index in [1.54, 1.807) is 0 Å². The molecule has 2 N–H and O–H groups in total. The molecule has 0 saturated heterocycles. The van der Waals surface area contributed by atoms with Gasteiger partial charge in [0.15, 0.2) is 0 Å². The van der Waals surface area contributed by atoms with Crippen molar-refractivity contribution in [3.05, 3.63) is 29.6 Å². The van der Waals surface area contributed by atoms with Gasteiger partial charge in [0.05, 0.1) is 0 Å². The third-order valence-electron chi connectivity index (χ3n) is 1.19. The second kappa shape index (κ2) is 3.74. The Labute approximate surface area is 69.3 Å². The van der Waals surface area contributed by atoms with E-state index in [2.05, 4.69) is 11.8 Å². The number of halogens is 1. The van der Waals surface area contributed by atoms with Gasteiger partial charge in [0.25, 0.3) is 0 Å². The summed E-state index contributed by atoms with van der Waals surface area (Å²) in [4.78, 5) is 0. The molecule has 0 aliphatic rings. The fourth-order valence-corrected chi connectivity index (χ4v) is 0.788. The molecule has 0 atom stereocenters. The van der Waals surface area contributed by atoms with Gasteiger partial charge in [-0.2, -0.15) is 0 Å². The van der Waals surface area contributed by atoms with Crippen LogP contribution in [0.25, 0.3) is 0 Å². The number of hydrogen-bond acceptors (Lipinski definition) is 2. The van der Waals surface area contributed by atoms with Crippen LogP contribution in [0.15, 0.2) is 18.2 Å². The molecule has 1 rings (SSSR count). The van der Waals surface area contributed by atoms with Crippen molar-refractivity contribution >= 4 is 0 Å². The molecule has 1 aromatic carbocycles. The SMILES string of the molecule is OCC#Cc1cc(O)cc(F)c1. The Balaban J connectivity index is 3.01. The molecule has 0 amide bonds. The third kappa shape index (κ3) is 2.26. The van der Waals surface area contributed by atoms with Crippen molar-refractivity contribution < 1.29 is 14.6 Å². The molecule has 0 bridgehead atoms. The molecule has 0 spiro atoms. The summed E-state index contributed by atoms with van der Waals surface area (Å²) in [7, 11) is 0. The second-order valence-electron chi connectivity index (χ2n) is 2.16. The molecule has 12 heavy (non-hydrogen) atoms. The van der Waals surface area contributed by atoms with Gasteiger partial charge in [-0.15, -0.1) is 0 Å². The Hall–Kier alpha value is -1.53. The van der Waals surface area contributed by atoms with Crippen LogP contribution in [-0.2, 0) is 0 Å². The number of aromatic hydroxyl groups is 1.